The highest BCUT2D eigenvalue weighted by Crippen LogP contribution is 2.25. The Kier molecular flexibility index (Phi) is 6.28. The first-order valence-electron chi connectivity index (χ1n) is 10.2. The predicted octanol–water partition coefficient (Wildman–Crippen LogP) is 2.08. The van der Waals surface area contributed by atoms with Crippen LogP contribution in [0.4, 0.5) is 4.39 Å². The van der Waals surface area contributed by atoms with E-state index in [1.807, 2.05) is 6.92 Å². The van der Waals surface area contributed by atoms with E-state index < -0.39 is 15.9 Å². The molecule has 9 nitrogen and oxygen atoms in total. The van der Waals surface area contributed by atoms with Gasteiger partial charge in [0.15, 0.2) is 0 Å². The lowest BCUT2D eigenvalue weighted by Crippen LogP contribution is -2.45. The Morgan fingerprint density at radius 1 is 1.16 bits per heavy atom. The standard InChI is InChI=1S/C21H23FN6O3S/c1-15(16-4-6-18(22)7-5-16)24-21(29)17-3-2-12-27(13-17)32(30,31)20-10-8-19(9-11-20)28-14-23-25-26-28/h4-11,14-15,17H,2-3,12-13H2,1H3,(H,24,29)/t15-,17+/m0/s1. The number of aromatic nitrogens is 4. The van der Waals surface area contributed by atoms with Gasteiger partial charge in [-0.3, -0.25) is 4.79 Å². The van der Waals surface area contributed by atoms with E-state index in [2.05, 4.69) is 20.8 Å². The average Bonchev–Trinajstić information content (AvgIpc) is 3.35. The van der Waals surface area contributed by atoms with Crippen molar-refractivity contribution in [3.05, 3.63) is 66.2 Å². The lowest BCUT2D eigenvalue weighted by atomic mass is 9.98. The van der Waals surface area contributed by atoms with Crippen molar-refractivity contribution in [3.63, 3.8) is 0 Å². The number of piperidine rings is 1. The molecule has 0 spiro atoms. The van der Waals surface area contributed by atoms with Crippen molar-refractivity contribution in [2.24, 2.45) is 5.92 Å². The molecule has 1 aliphatic rings. The molecule has 1 aliphatic heterocycles. The zero-order chi connectivity index (χ0) is 22.7. The molecule has 1 amide bonds. The van der Waals surface area contributed by atoms with Gasteiger partial charge in [-0.15, -0.1) is 5.10 Å². The highest BCUT2D eigenvalue weighted by molar-refractivity contribution is 7.89. The lowest BCUT2D eigenvalue weighted by Gasteiger charge is -2.32. The molecule has 0 unspecified atom stereocenters. The molecule has 0 bridgehead atoms. The van der Waals surface area contributed by atoms with Crippen LogP contribution in [0.3, 0.4) is 0 Å². The first kappa shape index (κ1) is 22.0. The van der Waals surface area contributed by atoms with Gasteiger partial charge < -0.3 is 5.32 Å². The molecule has 2 aromatic carbocycles. The molecule has 32 heavy (non-hydrogen) atoms. The highest BCUT2D eigenvalue weighted by Gasteiger charge is 2.33. The van der Waals surface area contributed by atoms with E-state index in [9.17, 15) is 17.6 Å². The minimum Gasteiger partial charge on any atom is -0.349 e. The van der Waals surface area contributed by atoms with Gasteiger partial charge in [-0.05, 0) is 72.2 Å². The van der Waals surface area contributed by atoms with Gasteiger partial charge in [-0.1, -0.05) is 12.1 Å². The SMILES string of the molecule is C[C@H](NC(=O)[C@@H]1CCCN(S(=O)(=O)c2ccc(-n3cnnn3)cc2)C1)c1ccc(F)cc1. The normalized spacial score (nSPS) is 18.2. The number of carbonyl (C=O) groups is 1. The topological polar surface area (TPSA) is 110 Å². The number of rotatable bonds is 6. The Morgan fingerprint density at radius 3 is 2.53 bits per heavy atom. The van der Waals surface area contributed by atoms with E-state index >= 15 is 0 Å². The van der Waals surface area contributed by atoms with Crippen LogP contribution in [-0.2, 0) is 14.8 Å². The lowest BCUT2D eigenvalue weighted by molar-refractivity contribution is -0.126. The number of sulfonamides is 1. The number of hydrogen-bond donors (Lipinski definition) is 1. The fourth-order valence-corrected chi connectivity index (χ4v) is 5.26. The summed E-state index contributed by atoms with van der Waals surface area (Å²) in [4.78, 5) is 13.0. The number of nitrogens with one attached hydrogen (secondary N) is 1. The van der Waals surface area contributed by atoms with E-state index in [0.29, 0.717) is 25.1 Å². The van der Waals surface area contributed by atoms with Crippen molar-refractivity contribution in [3.8, 4) is 5.69 Å². The van der Waals surface area contributed by atoms with Gasteiger partial charge in [0, 0.05) is 13.1 Å². The Labute approximate surface area is 185 Å². The monoisotopic (exact) mass is 458 g/mol. The third kappa shape index (κ3) is 4.68. The second-order valence-corrected chi connectivity index (χ2v) is 9.67. The van der Waals surface area contributed by atoms with Crippen molar-refractivity contribution in [1.29, 1.82) is 0 Å². The smallest absolute Gasteiger partial charge is 0.243 e. The summed E-state index contributed by atoms with van der Waals surface area (Å²) in [6, 6.07) is 11.9. The minimum absolute atomic E-state index is 0.110. The van der Waals surface area contributed by atoms with Crippen LogP contribution in [0.5, 0.6) is 0 Å². The van der Waals surface area contributed by atoms with Gasteiger partial charge in [0.1, 0.15) is 12.1 Å². The fraction of sp³-hybridized carbons (Fsp3) is 0.333. The number of carbonyl (C=O) groups excluding carboxylic acids is 1. The Bertz CT molecular complexity index is 1170. The highest BCUT2D eigenvalue weighted by atomic mass is 32.2. The maximum absolute atomic E-state index is 13.1. The van der Waals surface area contributed by atoms with Crippen LogP contribution in [0.15, 0.2) is 59.8 Å². The van der Waals surface area contributed by atoms with Crippen LogP contribution in [0.2, 0.25) is 0 Å². The summed E-state index contributed by atoms with van der Waals surface area (Å²) in [5, 5.41) is 13.8. The van der Waals surface area contributed by atoms with Gasteiger partial charge in [-0.25, -0.2) is 17.5 Å². The summed E-state index contributed by atoms with van der Waals surface area (Å²) in [6.07, 6.45) is 2.61. The molecular formula is C21H23FN6O3S. The van der Waals surface area contributed by atoms with Crippen molar-refractivity contribution in [1.82, 2.24) is 29.8 Å². The van der Waals surface area contributed by atoms with E-state index in [4.69, 9.17) is 0 Å². The minimum atomic E-state index is -3.75. The van der Waals surface area contributed by atoms with Gasteiger partial charge in [0.05, 0.1) is 22.5 Å². The first-order chi connectivity index (χ1) is 15.3. The van der Waals surface area contributed by atoms with E-state index in [-0.39, 0.29) is 29.2 Å². The molecular weight excluding hydrogens is 435 g/mol. The van der Waals surface area contributed by atoms with Crippen LogP contribution in [0.25, 0.3) is 5.69 Å². The second kappa shape index (κ2) is 9.13. The molecule has 11 heteroatoms. The largest absolute Gasteiger partial charge is 0.349 e. The van der Waals surface area contributed by atoms with Gasteiger partial charge in [0.2, 0.25) is 15.9 Å². The second-order valence-electron chi connectivity index (χ2n) is 7.73. The molecule has 0 saturated carbocycles. The Balaban J connectivity index is 1.43. The fourth-order valence-electron chi connectivity index (χ4n) is 3.74. The van der Waals surface area contributed by atoms with E-state index in [1.54, 1.807) is 24.3 Å². The number of halogens is 1. The zero-order valence-electron chi connectivity index (χ0n) is 17.4. The zero-order valence-corrected chi connectivity index (χ0v) is 18.2. The molecule has 4 rings (SSSR count). The molecule has 2 heterocycles. The van der Waals surface area contributed by atoms with E-state index in [0.717, 1.165) is 5.56 Å². The summed E-state index contributed by atoms with van der Waals surface area (Å²) < 4.78 is 42.2. The number of amides is 1. The predicted molar refractivity (Wildman–Crippen MR) is 114 cm³/mol. The molecule has 0 aliphatic carbocycles. The van der Waals surface area contributed by atoms with Crippen LogP contribution in [-0.4, -0.2) is 51.9 Å². The number of benzene rings is 2. The molecule has 3 aromatic rings. The maximum Gasteiger partial charge on any atom is 0.243 e. The molecule has 1 fully saturated rings. The van der Waals surface area contributed by atoms with Crippen molar-refractivity contribution < 1.29 is 17.6 Å². The molecule has 1 N–H and O–H groups in total. The maximum atomic E-state index is 13.1. The molecule has 2 atom stereocenters. The third-order valence-electron chi connectivity index (χ3n) is 5.57. The molecule has 168 valence electrons. The van der Waals surface area contributed by atoms with Crippen molar-refractivity contribution >= 4 is 15.9 Å². The Morgan fingerprint density at radius 2 is 1.88 bits per heavy atom. The molecule has 1 aromatic heterocycles. The van der Waals surface area contributed by atoms with E-state index in [1.165, 1.54) is 39.6 Å². The van der Waals surface area contributed by atoms with Crippen LogP contribution >= 0.6 is 0 Å². The van der Waals surface area contributed by atoms with Crippen molar-refractivity contribution in [2.75, 3.05) is 13.1 Å². The third-order valence-corrected chi connectivity index (χ3v) is 7.45. The van der Waals surface area contributed by atoms with Gasteiger partial charge >= 0.3 is 0 Å². The molecule has 1 saturated heterocycles. The van der Waals surface area contributed by atoms with Gasteiger partial charge in [0.25, 0.3) is 0 Å². The number of hydrogen-bond acceptors (Lipinski definition) is 6. The van der Waals surface area contributed by atoms with Crippen LogP contribution in [0, 0.1) is 11.7 Å². The van der Waals surface area contributed by atoms with Crippen molar-refractivity contribution in [2.45, 2.75) is 30.7 Å². The summed E-state index contributed by atoms with van der Waals surface area (Å²) in [5.41, 5.74) is 1.42. The average molecular weight is 459 g/mol. The van der Waals surface area contributed by atoms with Crippen LogP contribution in [0.1, 0.15) is 31.4 Å². The van der Waals surface area contributed by atoms with Gasteiger partial charge in [-0.2, -0.15) is 4.31 Å². The first-order valence-corrected chi connectivity index (χ1v) is 11.7. The van der Waals surface area contributed by atoms with Crippen LogP contribution < -0.4 is 5.32 Å². The number of nitrogens with zero attached hydrogens (tertiary/aromatic N) is 5. The Hall–Kier alpha value is -3.18. The number of tetrazole rings is 1. The summed E-state index contributed by atoms with van der Waals surface area (Å²) in [5.74, 6) is -1.01. The summed E-state index contributed by atoms with van der Waals surface area (Å²) >= 11 is 0. The summed E-state index contributed by atoms with van der Waals surface area (Å²) in [6.45, 7) is 2.28. The summed E-state index contributed by atoms with van der Waals surface area (Å²) in [7, 11) is -3.75. The molecule has 0 radical (unpaired) electrons. The quantitative estimate of drug-likeness (QED) is 0.606.